The van der Waals surface area contributed by atoms with Gasteiger partial charge in [0.1, 0.15) is 0 Å². The summed E-state index contributed by atoms with van der Waals surface area (Å²) in [5, 5.41) is 14.7. The monoisotopic (exact) mass is 279 g/mol. The summed E-state index contributed by atoms with van der Waals surface area (Å²) in [5.41, 5.74) is 0.810. The Balaban J connectivity index is 2.10. The number of amides is 1. The van der Waals surface area contributed by atoms with Crippen LogP contribution in [0.15, 0.2) is 6.20 Å². The standard InChI is InChI=1S/C15H25N3O2/c1-11(2)18-12(3)13(9-16-18)14(19)17(4)10-15(20)7-5-6-8-15/h9,11,20H,5-8,10H2,1-4H3. The number of aromatic nitrogens is 2. The average molecular weight is 279 g/mol. The van der Waals surface area contributed by atoms with Gasteiger partial charge in [-0.3, -0.25) is 9.48 Å². The first kappa shape index (κ1) is 15.0. The van der Waals surface area contributed by atoms with Crippen molar-refractivity contribution in [2.24, 2.45) is 0 Å². The average Bonchev–Trinajstić information content (AvgIpc) is 2.95. The quantitative estimate of drug-likeness (QED) is 0.918. The molecule has 20 heavy (non-hydrogen) atoms. The van der Waals surface area contributed by atoms with Crippen molar-refractivity contribution in [1.82, 2.24) is 14.7 Å². The molecule has 0 saturated heterocycles. The first-order chi connectivity index (χ1) is 9.34. The maximum absolute atomic E-state index is 12.5. The van der Waals surface area contributed by atoms with Crippen LogP contribution in [0, 0.1) is 6.92 Å². The fourth-order valence-corrected chi connectivity index (χ4v) is 3.06. The predicted molar refractivity (Wildman–Crippen MR) is 77.7 cm³/mol. The van der Waals surface area contributed by atoms with E-state index in [4.69, 9.17) is 0 Å². The summed E-state index contributed by atoms with van der Waals surface area (Å²) in [5.74, 6) is -0.0604. The van der Waals surface area contributed by atoms with Crippen LogP contribution in [0.25, 0.3) is 0 Å². The smallest absolute Gasteiger partial charge is 0.257 e. The first-order valence-electron chi connectivity index (χ1n) is 7.36. The van der Waals surface area contributed by atoms with E-state index < -0.39 is 5.60 Å². The number of hydrogen-bond donors (Lipinski definition) is 1. The molecule has 2 rings (SSSR count). The first-order valence-corrected chi connectivity index (χ1v) is 7.36. The highest BCUT2D eigenvalue weighted by molar-refractivity contribution is 5.95. The molecule has 0 unspecified atom stereocenters. The minimum Gasteiger partial charge on any atom is -0.388 e. The number of hydrogen-bond acceptors (Lipinski definition) is 3. The van der Waals surface area contributed by atoms with Crippen molar-refractivity contribution in [3.8, 4) is 0 Å². The number of carbonyl (C=O) groups is 1. The maximum Gasteiger partial charge on any atom is 0.257 e. The number of nitrogens with zero attached hydrogens (tertiary/aromatic N) is 3. The molecule has 0 spiro atoms. The van der Waals surface area contributed by atoms with Crippen molar-refractivity contribution in [3.05, 3.63) is 17.5 Å². The van der Waals surface area contributed by atoms with Gasteiger partial charge in [-0.15, -0.1) is 0 Å². The highest BCUT2D eigenvalue weighted by Crippen LogP contribution is 2.30. The van der Waals surface area contributed by atoms with E-state index in [1.54, 1.807) is 18.1 Å². The van der Waals surface area contributed by atoms with Crippen molar-refractivity contribution in [2.45, 2.75) is 58.1 Å². The number of likely N-dealkylation sites (N-methyl/N-ethyl adjacent to an activating group) is 1. The molecule has 1 aliphatic carbocycles. The van der Waals surface area contributed by atoms with Crippen molar-refractivity contribution in [2.75, 3.05) is 13.6 Å². The second kappa shape index (κ2) is 5.56. The predicted octanol–water partition coefficient (Wildman–Crippen LogP) is 2.15. The van der Waals surface area contributed by atoms with Gasteiger partial charge in [0.15, 0.2) is 0 Å². The summed E-state index contributed by atoms with van der Waals surface area (Å²) in [6.45, 7) is 6.40. The SMILES string of the molecule is Cc1c(C(=O)N(C)CC2(O)CCCC2)cnn1C(C)C. The zero-order valence-corrected chi connectivity index (χ0v) is 12.9. The van der Waals surface area contributed by atoms with E-state index in [1.165, 1.54) is 0 Å². The largest absolute Gasteiger partial charge is 0.388 e. The fraction of sp³-hybridized carbons (Fsp3) is 0.733. The lowest BCUT2D eigenvalue weighted by Crippen LogP contribution is -2.42. The molecule has 5 heteroatoms. The molecule has 1 fully saturated rings. The zero-order chi connectivity index (χ0) is 14.9. The molecule has 0 atom stereocenters. The second-order valence-corrected chi connectivity index (χ2v) is 6.27. The van der Waals surface area contributed by atoms with Gasteiger partial charge < -0.3 is 10.0 Å². The molecule has 1 aliphatic rings. The molecule has 1 aromatic rings. The molecule has 5 nitrogen and oxygen atoms in total. The molecule has 1 saturated carbocycles. The number of carbonyl (C=O) groups excluding carboxylic acids is 1. The Morgan fingerprint density at radius 3 is 2.60 bits per heavy atom. The molecular weight excluding hydrogens is 254 g/mol. The Bertz CT molecular complexity index is 487. The summed E-state index contributed by atoms with van der Waals surface area (Å²) in [4.78, 5) is 14.1. The van der Waals surface area contributed by atoms with E-state index in [9.17, 15) is 9.90 Å². The van der Waals surface area contributed by atoms with E-state index >= 15 is 0 Å². The van der Waals surface area contributed by atoms with Gasteiger partial charge >= 0.3 is 0 Å². The second-order valence-electron chi connectivity index (χ2n) is 6.27. The van der Waals surface area contributed by atoms with Crippen molar-refractivity contribution >= 4 is 5.91 Å². The molecule has 0 radical (unpaired) electrons. The fourth-order valence-electron chi connectivity index (χ4n) is 3.06. The zero-order valence-electron chi connectivity index (χ0n) is 12.9. The van der Waals surface area contributed by atoms with Crippen LogP contribution >= 0.6 is 0 Å². The van der Waals surface area contributed by atoms with Crippen molar-refractivity contribution in [1.29, 1.82) is 0 Å². The summed E-state index contributed by atoms with van der Waals surface area (Å²) in [6, 6.07) is 0.237. The van der Waals surface area contributed by atoms with Gasteiger partial charge in [-0.1, -0.05) is 12.8 Å². The van der Waals surface area contributed by atoms with Crippen LogP contribution in [0.3, 0.4) is 0 Å². The lowest BCUT2D eigenvalue weighted by atomic mass is 10.0. The molecule has 1 aromatic heterocycles. The van der Waals surface area contributed by atoms with Gasteiger partial charge in [0.2, 0.25) is 0 Å². The molecular formula is C15H25N3O2. The van der Waals surface area contributed by atoms with Crippen molar-refractivity contribution < 1.29 is 9.90 Å². The number of aliphatic hydroxyl groups is 1. The van der Waals surface area contributed by atoms with E-state index in [0.29, 0.717) is 12.1 Å². The minimum atomic E-state index is -0.702. The summed E-state index contributed by atoms with van der Waals surface area (Å²) >= 11 is 0. The Labute approximate surface area is 120 Å². The molecule has 0 aromatic carbocycles. The number of rotatable bonds is 4. The van der Waals surface area contributed by atoms with Gasteiger partial charge in [-0.2, -0.15) is 5.10 Å². The molecule has 0 aliphatic heterocycles. The van der Waals surface area contributed by atoms with E-state index in [2.05, 4.69) is 5.10 Å². The van der Waals surface area contributed by atoms with E-state index in [0.717, 1.165) is 31.4 Å². The Morgan fingerprint density at radius 1 is 1.50 bits per heavy atom. The molecule has 1 heterocycles. The van der Waals surface area contributed by atoms with Crippen LogP contribution in [-0.4, -0.2) is 44.9 Å². The van der Waals surface area contributed by atoms with Gasteiger partial charge in [0.05, 0.1) is 17.4 Å². The van der Waals surface area contributed by atoms with Crippen LogP contribution in [0.4, 0.5) is 0 Å². The van der Waals surface area contributed by atoms with Crippen LogP contribution in [-0.2, 0) is 0 Å². The van der Waals surface area contributed by atoms with Crippen molar-refractivity contribution in [3.63, 3.8) is 0 Å². The third-order valence-electron chi connectivity index (χ3n) is 4.18. The Kier molecular flexibility index (Phi) is 4.18. The third kappa shape index (κ3) is 2.87. The third-order valence-corrected chi connectivity index (χ3v) is 4.18. The van der Waals surface area contributed by atoms with Gasteiger partial charge in [-0.05, 0) is 33.6 Å². The Hall–Kier alpha value is -1.36. The minimum absolute atomic E-state index is 0.0604. The van der Waals surface area contributed by atoms with E-state index in [-0.39, 0.29) is 11.9 Å². The topological polar surface area (TPSA) is 58.4 Å². The highest BCUT2D eigenvalue weighted by Gasteiger charge is 2.34. The maximum atomic E-state index is 12.5. The van der Waals surface area contributed by atoms with Crippen LogP contribution in [0.1, 0.15) is 61.6 Å². The molecule has 112 valence electrons. The highest BCUT2D eigenvalue weighted by atomic mass is 16.3. The van der Waals surface area contributed by atoms with Gasteiger partial charge in [-0.25, -0.2) is 0 Å². The van der Waals surface area contributed by atoms with Crippen LogP contribution < -0.4 is 0 Å². The lowest BCUT2D eigenvalue weighted by Gasteiger charge is -2.28. The van der Waals surface area contributed by atoms with Crippen LogP contribution in [0.5, 0.6) is 0 Å². The summed E-state index contributed by atoms with van der Waals surface area (Å²) in [7, 11) is 1.75. The van der Waals surface area contributed by atoms with Gasteiger partial charge in [0.25, 0.3) is 5.91 Å². The molecule has 0 bridgehead atoms. The molecule has 1 amide bonds. The van der Waals surface area contributed by atoms with E-state index in [1.807, 2.05) is 25.5 Å². The Morgan fingerprint density at radius 2 is 2.10 bits per heavy atom. The van der Waals surface area contributed by atoms with Crippen LogP contribution in [0.2, 0.25) is 0 Å². The summed E-state index contributed by atoms with van der Waals surface area (Å²) < 4.78 is 1.85. The molecule has 1 N–H and O–H groups in total. The normalized spacial score (nSPS) is 17.7. The summed E-state index contributed by atoms with van der Waals surface area (Å²) in [6.07, 6.45) is 5.29. The lowest BCUT2D eigenvalue weighted by molar-refractivity contribution is 0.0156. The van der Waals surface area contributed by atoms with Gasteiger partial charge in [0, 0.05) is 25.3 Å².